The Kier molecular flexibility index (Phi) is 2.83. The van der Waals surface area contributed by atoms with Crippen molar-refractivity contribution in [2.45, 2.75) is 19.9 Å². The lowest BCUT2D eigenvalue weighted by Crippen LogP contribution is -2.27. The number of hydrogen-bond acceptors (Lipinski definition) is 3. The molecular weight excluding hydrogens is 248 g/mol. The van der Waals surface area contributed by atoms with E-state index in [1.807, 2.05) is 19.1 Å². The third kappa shape index (κ3) is 2.01. The minimum absolute atomic E-state index is 0.212. The number of anilines is 1. The SMILES string of the molecule is CC1CN(c2ccc3c(c2)CNCC3)S(=O)(=O)C1. The van der Waals surface area contributed by atoms with Crippen molar-refractivity contribution in [2.75, 3.05) is 23.1 Å². The third-order valence-corrected chi connectivity index (χ3v) is 5.69. The highest BCUT2D eigenvalue weighted by atomic mass is 32.2. The molecule has 1 aromatic carbocycles. The van der Waals surface area contributed by atoms with Crippen molar-refractivity contribution in [2.24, 2.45) is 5.92 Å². The molecular formula is C13H18N2O2S. The maximum atomic E-state index is 12.1. The first kappa shape index (κ1) is 12.0. The van der Waals surface area contributed by atoms with Gasteiger partial charge in [-0.25, -0.2) is 8.42 Å². The number of nitrogens with zero attached hydrogens (tertiary/aromatic N) is 1. The molecule has 1 aromatic rings. The Morgan fingerprint density at radius 3 is 2.89 bits per heavy atom. The maximum absolute atomic E-state index is 12.1. The molecule has 0 saturated carbocycles. The zero-order valence-corrected chi connectivity index (χ0v) is 11.3. The number of benzene rings is 1. The highest BCUT2D eigenvalue weighted by Crippen LogP contribution is 2.29. The van der Waals surface area contributed by atoms with E-state index in [9.17, 15) is 8.42 Å². The van der Waals surface area contributed by atoms with Crippen LogP contribution in [0.4, 0.5) is 5.69 Å². The van der Waals surface area contributed by atoms with Gasteiger partial charge in [-0.05, 0) is 42.1 Å². The summed E-state index contributed by atoms with van der Waals surface area (Å²) >= 11 is 0. The van der Waals surface area contributed by atoms with E-state index in [-0.39, 0.29) is 11.7 Å². The van der Waals surface area contributed by atoms with E-state index < -0.39 is 10.0 Å². The first-order valence-corrected chi connectivity index (χ1v) is 8.00. The minimum atomic E-state index is -3.10. The summed E-state index contributed by atoms with van der Waals surface area (Å²) in [6.45, 7) is 4.43. The molecule has 2 aliphatic heterocycles. The van der Waals surface area contributed by atoms with E-state index in [0.717, 1.165) is 25.2 Å². The second kappa shape index (κ2) is 4.24. The van der Waals surface area contributed by atoms with Crippen molar-refractivity contribution >= 4 is 15.7 Å². The van der Waals surface area contributed by atoms with Crippen molar-refractivity contribution in [3.05, 3.63) is 29.3 Å². The normalized spacial score (nSPS) is 26.1. The Labute approximate surface area is 108 Å². The van der Waals surface area contributed by atoms with Gasteiger partial charge in [-0.1, -0.05) is 13.0 Å². The summed E-state index contributed by atoms with van der Waals surface area (Å²) in [4.78, 5) is 0. The fraction of sp³-hybridized carbons (Fsp3) is 0.538. The second-order valence-corrected chi connectivity index (χ2v) is 7.23. The largest absolute Gasteiger partial charge is 0.312 e. The van der Waals surface area contributed by atoms with Gasteiger partial charge >= 0.3 is 0 Å². The third-order valence-electron chi connectivity index (χ3n) is 3.67. The van der Waals surface area contributed by atoms with Crippen LogP contribution in [0.2, 0.25) is 0 Å². The smallest absolute Gasteiger partial charge is 0.235 e. The Morgan fingerprint density at radius 2 is 2.17 bits per heavy atom. The van der Waals surface area contributed by atoms with Crippen LogP contribution in [0.5, 0.6) is 0 Å². The molecule has 1 fully saturated rings. The molecule has 0 aromatic heterocycles. The number of fused-ring (bicyclic) bond motifs is 1. The van der Waals surface area contributed by atoms with Crippen LogP contribution in [0.15, 0.2) is 18.2 Å². The molecule has 98 valence electrons. The summed E-state index contributed by atoms with van der Waals surface area (Å²) in [6.07, 6.45) is 1.03. The molecule has 1 N–H and O–H groups in total. The standard InChI is InChI=1S/C13H18N2O2S/c1-10-8-15(18(16,17)9-10)13-3-2-11-4-5-14-7-12(11)6-13/h2-3,6,10,14H,4-5,7-9H2,1H3. The fourth-order valence-corrected chi connectivity index (χ4v) is 4.71. The lowest BCUT2D eigenvalue weighted by molar-refractivity contribution is 0.598. The van der Waals surface area contributed by atoms with Gasteiger partial charge in [0.2, 0.25) is 10.0 Å². The quantitative estimate of drug-likeness (QED) is 0.828. The molecule has 1 atom stereocenters. The average Bonchev–Trinajstić information content (AvgIpc) is 2.62. The van der Waals surface area contributed by atoms with Gasteiger partial charge in [0, 0.05) is 13.1 Å². The molecule has 0 bridgehead atoms. The Morgan fingerprint density at radius 1 is 1.33 bits per heavy atom. The van der Waals surface area contributed by atoms with Crippen LogP contribution in [-0.2, 0) is 23.0 Å². The molecule has 18 heavy (non-hydrogen) atoms. The van der Waals surface area contributed by atoms with E-state index in [4.69, 9.17) is 0 Å². The van der Waals surface area contributed by atoms with Crippen LogP contribution in [0, 0.1) is 5.92 Å². The summed E-state index contributed by atoms with van der Waals surface area (Å²) in [5.74, 6) is 0.478. The summed E-state index contributed by atoms with van der Waals surface area (Å²) in [6, 6.07) is 6.04. The van der Waals surface area contributed by atoms with Gasteiger partial charge in [-0.2, -0.15) is 0 Å². The number of hydrogen-bond donors (Lipinski definition) is 1. The van der Waals surface area contributed by atoms with Gasteiger partial charge in [0.25, 0.3) is 0 Å². The zero-order valence-electron chi connectivity index (χ0n) is 10.5. The minimum Gasteiger partial charge on any atom is -0.312 e. The highest BCUT2D eigenvalue weighted by molar-refractivity contribution is 7.93. The first-order valence-electron chi connectivity index (χ1n) is 6.39. The molecule has 1 saturated heterocycles. The van der Waals surface area contributed by atoms with Crippen molar-refractivity contribution in [1.82, 2.24) is 5.32 Å². The van der Waals surface area contributed by atoms with Crippen molar-refractivity contribution < 1.29 is 8.42 Å². The van der Waals surface area contributed by atoms with E-state index in [1.165, 1.54) is 11.1 Å². The van der Waals surface area contributed by atoms with E-state index in [1.54, 1.807) is 4.31 Å². The molecule has 4 nitrogen and oxygen atoms in total. The van der Waals surface area contributed by atoms with Crippen molar-refractivity contribution in [3.63, 3.8) is 0 Å². The number of sulfonamides is 1. The van der Waals surface area contributed by atoms with Gasteiger partial charge in [0.15, 0.2) is 0 Å². The van der Waals surface area contributed by atoms with Crippen LogP contribution >= 0.6 is 0 Å². The molecule has 2 heterocycles. The lowest BCUT2D eigenvalue weighted by atomic mass is 10.0. The Bertz CT molecular complexity index is 568. The van der Waals surface area contributed by atoms with Gasteiger partial charge in [0.05, 0.1) is 11.4 Å². The van der Waals surface area contributed by atoms with E-state index in [0.29, 0.717) is 6.54 Å². The topological polar surface area (TPSA) is 49.4 Å². The van der Waals surface area contributed by atoms with Crippen LogP contribution in [-0.4, -0.2) is 27.3 Å². The van der Waals surface area contributed by atoms with Crippen LogP contribution in [0.1, 0.15) is 18.1 Å². The van der Waals surface area contributed by atoms with Crippen LogP contribution in [0.25, 0.3) is 0 Å². The Hall–Kier alpha value is -1.07. The molecule has 2 aliphatic rings. The van der Waals surface area contributed by atoms with Gasteiger partial charge in [-0.15, -0.1) is 0 Å². The summed E-state index contributed by atoms with van der Waals surface area (Å²) in [5, 5.41) is 3.32. The molecule has 5 heteroatoms. The molecule has 0 spiro atoms. The summed E-state index contributed by atoms with van der Waals surface area (Å²) in [7, 11) is -3.10. The van der Waals surface area contributed by atoms with E-state index >= 15 is 0 Å². The van der Waals surface area contributed by atoms with Crippen molar-refractivity contribution in [1.29, 1.82) is 0 Å². The monoisotopic (exact) mass is 266 g/mol. The molecule has 0 radical (unpaired) electrons. The van der Waals surface area contributed by atoms with Gasteiger partial charge in [-0.3, -0.25) is 4.31 Å². The average molecular weight is 266 g/mol. The van der Waals surface area contributed by atoms with Crippen molar-refractivity contribution in [3.8, 4) is 0 Å². The van der Waals surface area contributed by atoms with Gasteiger partial charge < -0.3 is 5.32 Å². The Balaban J connectivity index is 1.98. The summed E-state index contributed by atoms with van der Waals surface area (Å²) < 4.78 is 25.7. The summed E-state index contributed by atoms with van der Waals surface area (Å²) in [5.41, 5.74) is 3.39. The second-order valence-electron chi connectivity index (χ2n) is 5.29. The predicted octanol–water partition coefficient (Wildman–Crippen LogP) is 1.12. The lowest BCUT2D eigenvalue weighted by Gasteiger charge is -2.22. The fourth-order valence-electron chi connectivity index (χ4n) is 2.79. The number of nitrogens with one attached hydrogen (secondary N) is 1. The highest BCUT2D eigenvalue weighted by Gasteiger charge is 2.33. The van der Waals surface area contributed by atoms with Gasteiger partial charge in [0.1, 0.15) is 0 Å². The van der Waals surface area contributed by atoms with Crippen LogP contribution in [0.3, 0.4) is 0 Å². The molecule has 0 amide bonds. The predicted molar refractivity (Wildman–Crippen MR) is 72.1 cm³/mol. The maximum Gasteiger partial charge on any atom is 0.235 e. The molecule has 0 aliphatic carbocycles. The zero-order chi connectivity index (χ0) is 12.8. The number of rotatable bonds is 1. The molecule has 1 unspecified atom stereocenters. The first-order chi connectivity index (χ1) is 8.56. The molecule has 3 rings (SSSR count). The van der Waals surface area contributed by atoms with Crippen LogP contribution < -0.4 is 9.62 Å². The van der Waals surface area contributed by atoms with E-state index in [2.05, 4.69) is 11.4 Å².